The van der Waals surface area contributed by atoms with E-state index in [0.29, 0.717) is 18.0 Å². The van der Waals surface area contributed by atoms with Crippen LogP contribution < -0.4 is 10.1 Å². The van der Waals surface area contributed by atoms with Crippen molar-refractivity contribution in [3.8, 4) is 5.75 Å². The number of aromatic nitrogens is 2. The van der Waals surface area contributed by atoms with E-state index in [0.717, 1.165) is 12.1 Å². The average Bonchev–Trinajstić information content (AvgIpc) is 2.86. The van der Waals surface area contributed by atoms with Crippen molar-refractivity contribution < 1.29 is 13.5 Å². The molecule has 108 valence electrons. The molecule has 20 heavy (non-hydrogen) atoms. The third kappa shape index (κ3) is 2.51. The Labute approximate surface area is 116 Å². The van der Waals surface area contributed by atoms with E-state index in [1.165, 1.54) is 13.2 Å². The molecule has 2 aromatic rings. The fourth-order valence-electron chi connectivity index (χ4n) is 2.25. The number of rotatable bonds is 5. The first-order valence-electron chi connectivity index (χ1n) is 6.34. The van der Waals surface area contributed by atoms with Crippen LogP contribution in [0.3, 0.4) is 0 Å². The summed E-state index contributed by atoms with van der Waals surface area (Å²) in [6.07, 6.45) is 1.57. The second kappa shape index (κ2) is 6.00. The molecule has 0 aliphatic heterocycles. The Morgan fingerprint density at radius 3 is 2.75 bits per heavy atom. The molecule has 1 atom stereocenters. The minimum Gasteiger partial charge on any atom is -0.493 e. The predicted molar refractivity (Wildman–Crippen MR) is 71.7 cm³/mol. The van der Waals surface area contributed by atoms with Crippen LogP contribution in [-0.4, -0.2) is 23.9 Å². The monoisotopic (exact) mass is 281 g/mol. The normalized spacial score (nSPS) is 12.4. The van der Waals surface area contributed by atoms with Crippen LogP contribution in [0.2, 0.25) is 0 Å². The number of hydrogen-bond acceptors (Lipinski definition) is 3. The van der Waals surface area contributed by atoms with Crippen LogP contribution in [0.5, 0.6) is 5.75 Å². The Hall–Kier alpha value is -1.95. The van der Waals surface area contributed by atoms with Gasteiger partial charge in [-0.25, -0.2) is 8.78 Å². The predicted octanol–water partition coefficient (Wildman–Crippen LogP) is 2.50. The summed E-state index contributed by atoms with van der Waals surface area (Å²) in [7, 11) is 3.20. The second-order valence-corrected chi connectivity index (χ2v) is 4.30. The van der Waals surface area contributed by atoms with Gasteiger partial charge in [-0.1, -0.05) is 0 Å². The van der Waals surface area contributed by atoms with Crippen molar-refractivity contribution in [3.63, 3.8) is 0 Å². The highest BCUT2D eigenvalue weighted by molar-refractivity contribution is 5.37. The minimum absolute atomic E-state index is 0.223. The van der Waals surface area contributed by atoms with Gasteiger partial charge in [-0.3, -0.25) is 4.68 Å². The number of ether oxygens (including phenoxy) is 1. The maximum atomic E-state index is 14.0. The molecule has 1 aromatic heterocycles. The first kappa shape index (κ1) is 14.5. The van der Waals surface area contributed by atoms with Gasteiger partial charge in [0.2, 0.25) is 0 Å². The van der Waals surface area contributed by atoms with E-state index >= 15 is 0 Å². The van der Waals surface area contributed by atoms with Crippen molar-refractivity contribution >= 4 is 0 Å². The lowest BCUT2D eigenvalue weighted by Crippen LogP contribution is -2.23. The molecule has 0 aliphatic rings. The van der Waals surface area contributed by atoms with Crippen LogP contribution in [-0.2, 0) is 6.54 Å². The maximum absolute atomic E-state index is 14.0. The van der Waals surface area contributed by atoms with Gasteiger partial charge in [-0.05, 0) is 32.2 Å². The van der Waals surface area contributed by atoms with Crippen molar-refractivity contribution in [1.29, 1.82) is 0 Å². The highest BCUT2D eigenvalue weighted by atomic mass is 19.1. The first-order chi connectivity index (χ1) is 9.62. The van der Waals surface area contributed by atoms with Gasteiger partial charge in [0.25, 0.3) is 0 Å². The van der Waals surface area contributed by atoms with E-state index in [1.54, 1.807) is 17.9 Å². The van der Waals surface area contributed by atoms with Crippen LogP contribution in [0.4, 0.5) is 8.78 Å². The van der Waals surface area contributed by atoms with Crippen LogP contribution in [0.1, 0.15) is 24.2 Å². The quantitative estimate of drug-likeness (QED) is 0.915. The van der Waals surface area contributed by atoms with Gasteiger partial charge in [0.05, 0.1) is 19.3 Å². The molecular weight excluding hydrogens is 264 g/mol. The third-order valence-electron chi connectivity index (χ3n) is 3.20. The molecule has 0 saturated heterocycles. The molecule has 1 N–H and O–H groups in total. The molecule has 0 saturated carbocycles. The van der Waals surface area contributed by atoms with E-state index in [4.69, 9.17) is 4.74 Å². The smallest absolute Gasteiger partial charge is 0.161 e. The summed E-state index contributed by atoms with van der Waals surface area (Å²) in [5.41, 5.74) is 0.892. The fraction of sp³-hybridized carbons (Fsp3) is 0.357. The first-order valence-corrected chi connectivity index (χ1v) is 6.34. The lowest BCUT2D eigenvalue weighted by molar-refractivity contribution is 0.399. The number of methoxy groups -OCH3 is 1. The minimum atomic E-state index is -0.539. The van der Waals surface area contributed by atoms with E-state index in [2.05, 4.69) is 10.4 Å². The van der Waals surface area contributed by atoms with Gasteiger partial charge in [-0.2, -0.15) is 5.10 Å². The zero-order valence-electron chi connectivity index (χ0n) is 11.7. The molecule has 2 rings (SSSR count). The summed E-state index contributed by atoms with van der Waals surface area (Å²) < 4.78 is 34.4. The Kier molecular flexibility index (Phi) is 4.34. The lowest BCUT2D eigenvalue weighted by Gasteiger charge is -2.20. The molecule has 0 bridgehead atoms. The van der Waals surface area contributed by atoms with Gasteiger partial charge in [-0.15, -0.1) is 0 Å². The van der Waals surface area contributed by atoms with Gasteiger partial charge >= 0.3 is 0 Å². The summed E-state index contributed by atoms with van der Waals surface area (Å²) in [5.74, 6) is -0.422. The van der Waals surface area contributed by atoms with Crippen molar-refractivity contribution in [2.75, 3.05) is 14.2 Å². The zero-order valence-corrected chi connectivity index (χ0v) is 11.7. The van der Waals surface area contributed by atoms with E-state index in [-0.39, 0.29) is 5.56 Å². The second-order valence-electron chi connectivity index (χ2n) is 4.30. The highest BCUT2D eigenvalue weighted by Crippen LogP contribution is 2.31. The number of hydrogen-bond donors (Lipinski definition) is 1. The average molecular weight is 281 g/mol. The molecule has 1 unspecified atom stereocenters. The fourth-order valence-corrected chi connectivity index (χ4v) is 2.25. The molecule has 1 aromatic carbocycles. The van der Waals surface area contributed by atoms with Crippen molar-refractivity contribution in [2.45, 2.75) is 19.5 Å². The van der Waals surface area contributed by atoms with Crippen molar-refractivity contribution in [2.24, 2.45) is 0 Å². The Morgan fingerprint density at radius 2 is 2.15 bits per heavy atom. The Bertz CT molecular complexity index is 577. The van der Waals surface area contributed by atoms with Crippen molar-refractivity contribution in [1.82, 2.24) is 15.1 Å². The number of halogens is 2. The molecule has 0 spiro atoms. The summed E-state index contributed by atoms with van der Waals surface area (Å²) >= 11 is 0. The van der Waals surface area contributed by atoms with E-state index < -0.39 is 17.7 Å². The maximum Gasteiger partial charge on any atom is 0.161 e. The van der Waals surface area contributed by atoms with Crippen molar-refractivity contribution in [3.05, 3.63) is 47.3 Å². The summed E-state index contributed by atoms with van der Waals surface area (Å²) in [6.45, 7) is 2.53. The molecule has 0 aliphatic carbocycles. The summed E-state index contributed by atoms with van der Waals surface area (Å²) in [6, 6.07) is 2.86. The van der Waals surface area contributed by atoms with Gasteiger partial charge < -0.3 is 10.1 Å². The molecular formula is C14H17F2N3O. The van der Waals surface area contributed by atoms with Crippen LogP contribution in [0, 0.1) is 11.6 Å². The molecule has 0 fully saturated rings. The van der Waals surface area contributed by atoms with Gasteiger partial charge in [0.15, 0.2) is 5.75 Å². The van der Waals surface area contributed by atoms with E-state index in [9.17, 15) is 8.78 Å². The Morgan fingerprint density at radius 1 is 1.40 bits per heavy atom. The topological polar surface area (TPSA) is 39.1 Å². The zero-order chi connectivity index (χ0) is 14.7. The van der Waals surface area contributed by atoms with Gasteiger partial charge in [0, 0.05) is 12.1 Å². The lowest BCUT2D eigenvalue weighted by atomic mass is 10.0. The molecule has 0 amide bonds. The molecule has 0 radical (unpaired) electrons. The summed E-state index contributed by atoms with van der Waals surface area (Å²) in [4.78, 5) is 0. The number of benzene rings is 1. The Balaban J connectivity index is 2.57. The molecule has 4 nitrogen and oxygen atoms in total. The number of nitrogens with one attached hydrogen (secondary N) is 1. The largest absolute Gasteiger partial charge is 0.493 e. The van der Waals surface area contributed by atoms with Crippen LogP contribution in [0.15, 0.2) is 24.4 Å². The molecule has 6 heteroatoms. The highest BCUT2D eigenvalue weighted by Gasteiger charge is 2.24. The standard InChI is InChI=1S/C14H17F2N3O/c1-4-19-14(12(20-3)8-18-19)13(17-2)10-7-9(15)5-6-11(10)16/h5-8,13,17H,4H2,1-3H3. The molecule has 1 heterocycles. The van der Waals surface area contributed by atoms with Gasteiger partial charge in [0.1, 0.15) is 17.3 Å². The van der Waals surface area contributed by atoms with Crippen LogP contribution >= 0.6 is 0 Å². The third-order valence-corrected chi connectivity index (χ3v) is 3.20. The number of nitrogens with zero attached hydrogens (tertiary/aromatic N) is 2. The SMILES string of the molecule is CCn1ncc(OC)c1C(NC)c1cc(F)ccc1F. The van der Waals surface area contributed by atoms with Crippen LogP contribution in [0.25, 0.3) is 0 Å². The van der Waals surface area contributed by atoms with E-state index in [1.807, 2.05) is 6.92 Å². The summed E-state index contributed by atoms with van der Waals surface area (Å²) in [5, 5.41) is 7.18. The number of aryl methyl sites for hydroxylation is 1.